The van der Waals surface area contributed by atoms with Crippen molar-refractivity contribution >= 4 is 21.6 Å². The highest BCUT2D eigenvalue weighted by Crippen LogP contribution is 2.22. The fraction of sp³-hybridized carbons (Fsp3) is 0.120. The first-order chi connectivity index (χ1) is 15.8. The van der Waals surface area contributed by atoms with E-state index in [-0.39, 0.29) is 10.8 Å². The van der Waals surface area contributed by atoms with E-state index in [9.17, 15) is 13.2 Å². The van der Waals surface area contributed by atoms with Gasteiger partial charge in [-0.3, -0.25) is 9.52 Å². The number of carbonyl (C=O) groups excluding carboxylic acids is 1. The van der Waals surface area contributed by atoms with Crippen molar-refractivity contribution < 1.29 is 13.2 Å². The number of rotatable bonds is 7. The fourth-order valence-corrected chi connectivity index (χ4v) is 4.49. The molecular formula is C25H24N4O3S. The summed E-state index contributed by atoms with van der Waals surface area (Å²) in [5, 5.41) is 3.01. The molecule has 1 unspecified atom stereocenters. The van der Waals surface area contributed by atoms with Gasteiger partial charge in [-0.2, -0.15) is 0 Å². The third kappa shape index (κ3) is 5.12. The van der Waals surface area contributed by atoms with Gasteiger partial charge in [0.25, 0.3) is 15.9 Å². The van der Waals surface area contributed by atoms with E-state index in [0.29, 0.717) is 17.1 Å². The van der Waals surface area contributed by atoms with Crippen molar-refractivity contribution in [2.45, 2.75) is 17.9 Å². The van der Waals surface area contributed by atoms with Crippen molar-refractivity contribution in [1.82, 2.24) is 14.9 Å². The van der Waals surface area contributed by atoms with Crippen LogP contribution in [-0.2, 0) is 17.1 Å². The quantitative estimate of drug-likeness (QED) is 0.435. The topological polar surface area (TPSA) is 93.1 Å². The maximum absolute atomic E-state index is 13.0. The van der Waals surface area contributed by atoms with Gasteiger partial charge < -0.3 is 9.88 Å². The van der Waals surface area contributed by atoms with Crippen LogP contribution < -0.4 is 10.0 Å². The Hall–Kier alpha value is -3.91. The number of aryl methyl sites for hydroxylation is 2. The van der Waals surface area contributed by atoms with E-state index >= 15 is 0 Å². The molecule has 1 heterocycles. The predicted octanol–water partition coefficient (Wildman–Crippen LogP) is 4.05. The number of hydrogen-bond acceptors (Lipinski definition) is 4. The molecule has 33 heavy (non-hydrogen) atoms. The molecule has 2 N–H and O–H groups in total. The van der Waals surface area contributed by atoms with E-state index in [2.05, 4.69) is 15.0 Å². The number of benzene rings is 3. The predicted molar refractivity (Wildman–Crippen MR) is 127 cm³/mol. The van der Waals surface area contributed by atoms with Gasteiger partial charge in [0.15, 0.2) is 0 Å². The zero-order chi connectivity index (χ0) is 23.4. The normalized spacial score (nSPS) is 12.2. The lowest BCUT2D eigenvalue weighted by molar-refractivity contribution is 0.0941. The molecule has 8 heteroatoms. The summed E-state index contributed by atoms with van der Waals surface area (Å²) in [6.45, 7) is 1.93. The van der Waals surface area contributed by atoms with E-state index in [1.165, 1.54) is 24.3 Å². The van der Waals surface area contributed by atoms with E-state index in [0.717, 1.165) is 11.1 Å². The summed E-state index contributed by atoms with van der Waals surface area (Å²) in [5.74, 6) is 0.360. The molecule has 168 valence electrons. The van der Waals surface area contributed by atoms with Gasteiger partial charge in [0, 0.05) is 30.7 Å². The lowest BCUT2D eigenvalue weighted by Crippen LogP contribution is -2.31. The summed E-state index contributed by atoms with van der Waals surface area (Å²) in [5.41, 5.74) is 2.75. The molecule has 1 atom stereocenters. The molecule has 3 aromatic carbocycles. The first-order valence-electron chi connectivity index (χ1n) is 10.4. The Kier molecular flexibility index (Phi) is 6.28. The second-order valence-electron chi connectivity index (χ2n) is 7.71. The second kappa shape index (κ2) is 9.30. The number of nitrogens with one attached hydrogen (secondary N) is 2. The van der Waals surface area contributed by atoms with Crippen molar-refractivity contribution in [2.24, 2.45) is 7.05 Å². The van der Waals surface area contributed by atoms with Crippen LogP contribution in [0.1, 0.15) is 33.4 Å². The molecule has 1 amide bonds. The van der Waals surface area contributed by atoms with Gasteiger partial charge in [-0.1, -0.05) is 48.0 Å². The third-order valence-electron chi connectivity index (χ3n) is 5.26. The molecular weight excluding hydrogens is 436 g/mol. The summed E-state index contributed by atoms with van der Waals surface area (Å²) >= 11 is 0. The zero-order valence-corrected chi connectivity index (χ0v) is 19.1. The number of nitrogens with zero attached hydrogens (tertiary/aromatic N) is 2. The number of anilines is 1. The van der Waals surface area contributed by atoms with Crippen LogP contribution >= 0.6 is 0 Å². The SMILES string of the molecule is Cc1ccc(NS(=O)(=O)c2ccc(C(=O)NC(c3ccccc3)c3nccn3C)cc2)cc1. The van der Waals surface area contributed by atoms with Crippen LogP contribution in [0, 0.1) is 6.92 Å². The van der Waals surface area contributed by atoms with Gasteiger partial charge >= 0.3 is 0 Å². The highest BCUT2D eigenvalue weighted by atomic mass is 32.2. The molecule has 4 rings (SSSR count). The summed E-state index contributed by atoms with van der Waals surface area (Å²) < 4.78 is 29.8. The number of sulfonamides is 1. The molecule has 0 saturated carbocycles. The van der Waals surface area contributed by atoms with Crippen molar-refractivity contribution in [3.05, 3.63) is 114 Å². The Labute approximate surface area is 193 Å². The monoisotopic (exact) mass is 460 g/mol. The maximum Gasteiger partial charge on any atom is 0.261 e. The number of carbonyl (C=O) groups is 1. The van der Waals surface area contributed by atoms with Crippen LogP contribution in [0.15, 0.2) is 96.2 Å². The van der Waals surface area contributed by atoms with E-state index < -0.39 is 16.1 Å². The van der Waals surface area contributed by atoms with Crippen LogP contribution in [0.4, 0.5) is 5.69 Å². The van der Waals surface area contributed by atoms with Crippen molar-refractivity contribution in [2.75, 3.05) is 4.72 Å². The lowest BCUT2D eigenvalue weighted by atomic mass is 10.1. The summed E-state index contributed by atoms with van der Waals surface area (Å²) in [6, 6.07) is 22.0. The lowest BCUT2D eigenvalue weighted by Gasteiger charge is -2.19. The van der Waals surface area contributed by atoms with Gasteiger partial charge in [0.2, 0.25) is 0 Å². The number of imidazole rings is 1. The van der Waals surface area contributed by atoms with Gasteiger partial charge in [0.1, 0.15) is 11.9 Å². The Balaban J connectivity index is 1.53. The molecule has 0 aliphatic rings. The van der Waals surface area contributed by atoms with Crippen molar-refractivity contribution in [3.8, 4) is 0 Å². The molecule has 0 fully saturated rings. The summed E-state index contributed by atoms with van der Waals surface area (Å²) in [4.78, 5) is 17.5. The third-order valence-corrected chi connectivity index (χ3v) is 6.65. The Morgan fingerprint density at radius 2 is 1.61 bits per heavy atom. The van der Waals surface area contributed by atoms with Crippen LogP contribution in [0.2, 0.25) is 0 Å². The average Bonchev–Trinajstić information content (AvgIpc) is 3.25. The van der Waals surface area contributed by atoms with E-state index in [1.54, 1.807) is 18.3 Å². The summed E-state index contributed by atoms with van der Waals surface area (Å²) in [7, 11) is -1.90. The minimum Gasteiger partial charge on any atom is -0.338 e. The molecule has 0 bridgehead atoms. The molecule has 7 nitrogen and oxygen atoms in total. The van der Waals surface area contributed by atoms with Gasteiger partial charge in [-0.05, 0) is 48.9 Å². The zero-order valence-electron chi connectivity index (χ0n) is 18.3. The van der Waals surface area contributed by atoms with Crippen LogP contribution in [0.5, 0.6) is 0 Å². The molecule has 0 saturated heterocycles. The van der Waals surface area contributed by atoms with E-state index in [4.69, 9.17) is 0 Å². The smallest absolute Gasteiger partial charge is 0.261 e. The first-order valence-corrected chi connectivity index (χ1v) is 11.8. The van der Waals surface area contributed by atoms with Crippen LogP contribution in [0.25, 0.3) is 0 Å². The van der Waals surface area contributed by atoms with Gasteiger partial charge in [-0.25, -0.2) is 13.4 Å². The minimum atomic E-state index is -3.77. The molecule has 0 aliphatic carbocycles. The number of amides is 1. The Bertz CT molecular complexity index is 1350. The average molecular weight is 461 g/mol. The van der Waals surface area contributed by atoms with Crippen molar-refractivity contribution in [3.63, 3.8) is 0 Å². The highest BCUT2D eigenvalue weighted by molar-refractivity contribution is 7.92. The standard InChI is InChI=1S/C25H24N4O3S/c1-18-8-12-21(13-9-18)28-33(31,32)22-14-10-20(11-15-22)25(30)27-23(19-6-4-3-5-7-19)24-26-16-17-29(24)2/h3-17,23,28H,1-2H3,(H,27,30). The Morgan fingerprint density at radius 1 is 0.939 bits per heavy atom. The van der Waals surface area contributed by atoms with Crippen LogP contribution in [-0.4, -0.2) is 23.9 Å². The molecule has 1 aromatic heterocycles. The fourth-order valence-electron chi connectivity index (χ4n) is 3.43. The highest BCUT2D eigenvalue weighted by Gasteiger charge is 2.22. The Morgan fingerprint density at radius 3 is 2.21 bits per heavy atom. The molecule has 0 radical (unpaired) electrons. The summed E-state index contributed by atoms with van der Waals surface area (Å²) in [6.07, 6.45) is 3.50. The minimum absolute atomic E-state index is 0.0725. The molecule has 4 aromatic rings. The van der Waals surface area contributed by atoms with Gasteiger partial charge in [-0.15, -0.1) is 0 Å². The largest absolute Gasteiger partial charge is 0.338 e. The van der Waals surface area contributed by atoms with Crippen molar-refractivity contribution in [1.29, 1.82) is 0 Å². The van der Waals surface area contributed by atoms with Crippen LogP contribution in [0.3, 0.4) is 0 Å². The number of aromatic nitrogens is 2. The van der Waals surface area contributed by atoms with E-state index in [1.807, 2.05) is 67.2 Å². The molecule has 0 spiro atoms. The maximum atomic E-state index is 13.0. The first kappa shape index (κ1) is 22.3. The number of hydrogen-bond donors (Lipinski definition) is 2. The second-order valence-corrected chi connectivity index (χ2v) is 9.39. The molecule has 0 aliphatic heterocycles. The van der Waals surface area contributed by atoms with Gasteiger partial charge in [0.05, 0.1) is 4.90 Å².